The van der Waals surface area contributed by atoms with Crippen molar-refractivity contribution in [1.29, 1.82) is 0 Å². The van der Waals surface area contributed by atoms with Gasteiger partial charge < -0.3 is 0 Å². The molecule has 1 aromatic heterocycles. The SMILES string of the molecule is Cc1cnc(-c2ccccc2)nc1-c1ccccc1. The van der Waals surface area contributed by atoms with Gasteiger partial charge in [0.05, 0.1) is 5.69 Å². The van der Waals surface area contributed by atoms with Crippen LogP contribution in [0.15, 0.2) is 66.9 Å². The first kappa shape index (κ1) is 11.6. The van der Waals surface area contributed by atoms with Crippen LogP contribution >= 0.6 is 0 Å². The zero-order valence-corrected chi connectivity index (χ0v) is 10.7. The fraction of sp³-hybridized carbons (Fsp3) is 0.0588. The van der Waals surface area contributed by atoms with Crippen LogP contribution in [0.25, 0.3) is 22.6 Å². The first-order valence-corrected chi connectivity index (χ1v) is 6.29. The zero-order valence-electron chi connectivity index (χ0n) is 10.7. The first-order valence-electron chi connectivity index (χ1n) is 6.29. The second-order valence-corrected chi connectivity index (χ2v) is 4.46. The molecule has 0 bridgehead atoms. The van der Waals surface area contributed by atoms with E-state index < -0.39 is 0 Å². The van der Waals surface area contributed by atoms with Crippen LogP contribution in [0.4, 0.5) is 0 Å². The van der Waals surface area contributed by atoms with Gasteiger partial charge in [0, 0.05) is 17.3 Å². The van der Waals surface area contributed by atoms with Gasteiger partial charge in [-0.05, 0) is 12.5 Å². The quantitative estimate of drug-likeness (QED) is 0.679. The minimum Gasteiger partial charge on any atom is -0.236 e. The van der Waals surface area contributed by atoms with Crippen LogP contribution in [0.3, 0.4) is 0 Å². The highest BCUT2D eigenvalue weighted by Crippen LogP contribution is 2.23. The Morgan fingerprint density at radius 2 is 1.32 bits per heavy atom. The highest BCUT2D eigenvalue weighted by atomic mass is 14.9. The molecule has 19 heavy (non-hydrogen) atoms. The maximum atomic E-state index is 4.70. The van der Waals surface area contributed by atoms with E-state index in [2.05, 4.69) is 17.1 Å². The van der Waals surface area contributed by atoms with Gasteiger partial charge in [0.1, 0.15) is 0 Å². The summed E-state index contributed by atoms with van der Waals surface area (Å²) < 4.78 is 0. The molecule has 3 rings (SSSR count). The molecule has 2 nitrogen and oxygen atoms in total. The van der Waals surface area contributed by atoms with Gasteiger partial charge in [-0.2, -0.15) is 0 Å². The van der Waals surface area contributed by atoms with Crippen LogP contribution in [0.1, 0.15) is 5.56 Å². The molecule has 2 heteroatoms. The van der Waals surface area contributed by atoms with Gasteiger partial charge in [-0.1, -0.05) is 60.7 Å². The normalized spacial score (nSPS) is 10.4. The highest BCUT2D eigenvalue weighted by Gasteiger charge is 2.07. The summed E-state index contributed by atoms with van der Waals surface area (Å²) in [5.74, 6) is 0.769. The van der Waals surface area contributed by atoms with Crippen molar-refractivity contribution in [1.82, 2.24) is 9.97 Å². The molecule has 0 unspecified atom stereocenters. The van der Waals surface area contributed by atoms with Gasteiger partial charge in [0.2, 0.25) is 0 Å². The molecular formula is C17H14N2. The average molecular weight is 246 g/mol. The molecule has 0 saturated heterocycles. The molecule has 2 aromatic carbocycles. The van der Waals surface area contributed by atoms with Crippen LogP contribution in [-0.4, -0.2) is 9.97 Å². The van der Waals surface area contributed by atoms with Crippen molar-refractivity contribution >= 4 is 0 Å². The summed E-state index contributed by atoms with van der Waals surface area (Å²) in [5.41, 5.74) is 4.25. The molecule has 0 fully saturated rings. The average Bonchev–Trinajstić information content (AvgIpc) is 2.49. The Labute approximate surface area is 112 Å². The third-order valence-corrected chi connectivity index (χ3v) is 3.05. The van der Waals surface area contributed by atoms with Crippen molar-refractivity contribution in [2.45, 2.75) is 6.92 Å². The number of hydrogen-bond donors (Lipinski definition) is 0. The molecule has 92 valence electrons. The molecule has 0 aliphatic rings. The Bertz CT molecular complexity index is 676. The second kappa shape index (κ2) is 5.02. The van der Waals surface area contributed by atoms with E-state index >= 15 is 0 Å². The highest BCUT2D eigenvalue weighted by molar-refractivity contribution is 5.66. The molecule has 0 N–H and O–H groups in total. The molecule has 0 saturated carbocycles. The lowest BCUT2D eigenvalue weighted by atomic mass is 10.1. The molecule has 1 heterocycles. The Balaban J connectivity index is 2.12. The lowest BCUT2D eigenvalue weighted by Crippen LogP contribution is -1.94. The van der Waals surface area contributed by atoms with E-state index in [1.54, 1.807) is 0 Å². The number of nitrogens with zero attached hydrogens (tertiary/aromatic N) is 2. The minimum absolute atomic E-state index is 0.769. The molecule has 3 aromatic rings. The minimum atomic E-state index is 0.769. The maximum absolute atomic E-state index is 4.70. The predicted molar refractivity (Wildman–Crippen MR) is 77.6 cm³/mol. The zero-order chi connectivity index (χ0) is 13.1. The van der Waals surface area contributed by atoms with Crippen molar-refractivity contribution in [3.05, 3.63) is 72.4 Å². The number of aryl methyl sites for hydroxylation is 1. The standard InChI is InChI=1S/C17H14N2/c1-13-12-18-17(15-10-6-3-7-11-15)19-16(13)14-8-4-2-5-9-14/h2-12H,1H3. The lowest BCUT2D eigenvalue weighted by Gasteiger charge is -2.07. The van der Waals surface area contributed by atoms with Crippen LogP contribution < -0.4 is 0 Å². The van der Waals surface area contributed by atoms with Gasteiger partial charge in [-0.25, -0.2) is 9.97 Å². The summed E-state index contributed by atoms with van der Waals surface area (Å²) in [6, 6.07) is 20.3. The fourth-order valence-corrected chi connectivity index (χ4v) is 2.06. The van der Waals surface area contributed by atoms with E-state index in [0.29, 0.717) is 0 Å². The van der Waals surface area contributed by atoms with Gasteiger partial charge in [-0.3, -0.25) is 0 Å². The summed E-state index contributed by atoms with van der Waals surface area (Å²) in [4.78, 5) is 9.13. The Hall–Kier alpha value is -2.48. The number of aromatic nitrogens is 2. The third-order valence-electron chi connectivity index (χ3n) is 3.05. The molecule has 0 aliphatic heterocycles. The summed E-state index contributed by atoms with van der Waals surface area (Å²) >= 11 is 0. The first-order chi connectivity index (χ1) is 9.34. The van der Waals surface area contributed by atoms with E-state index in [4.69, 9.17) is 4.98 Å². The maximum Gasteiger partial charge on any atom is 0.159 e. The summed E-state index contributed by atoms with van der Waals surface area (Å²) in [7, 11) is 0. The lowest BCUT2D eigenvalue weighted by molar-refractivity contribution is 1.14. The van der Waals surface area contributed by atoms with E-state index in [1.807, 2.05) is 61.7 Å². The molecular weight excluding hydrogens is 232 g/mol. The molecule has 0 atom stereocenters. The van der Waals surface area contributed by atoms with E-state index in [0.717, 1.165) is 28.2 Å². The van der Waals surface area contributed by atoms with E-state index in [9.17, 15) is 0 Å². The van der Waals surface area contributed by atoms with Crippen LogP contribution in [-0.2, 0) is 0 Å². The van der Waals surface area contributed by atoms with Crippen molar-refractivity contribution in [2.24, 2.45) is 0 Å². The van der Waals surface area contributed by atoms with Gasteiger partial charge in [-0.15, -0.1) is 0 Å². The van der Waals surface area contributed by atoms with Crippen LogP contribution in [0.5, 0.6) is 0 Å². The third kappa shape index (κ3) is 2.38. The van der Waals surface area contributed by atoms with Gasteiger partial charge >= 0.3 is 0 Å². The van der Waals surface area contributed by atoms with Gasteiger partial charge in [0.15, 0.2) is 5.82 Å². The van der Waals surface area contributed by atoms with E-state index in [1.165, 1.54) is 0 Å². The smallest absolute Gasteiger partial charge is 0.159 e. The van der Waals surface area contributed by atoms with E-state index in [-0.39, 0.29) is 0 Å². The van der Waals surface area contributed by atoms with Crippen LogP contribution in [0, 0.1) is 6.92 Å². The predicted octanol–water partition coefficient (Wildman–Crippen LogP) is 4.12. The van der Waals surface area contributed by atoms with Gasteiger partial charge in [0.25, 0.3) is 0 Å². The van der Waals surface area contributed by atoms with Crippen molar-refractivity contribution in [3.8, 4) is 22.6 Å². The second-order valence-electron chi connectivity index (χ2n) is 4.46. The fourth-order valence-electron chi connectivity index (χ4n) is 2.06. The summed E-state index contributed by atoms with van der Waals surface area (Å²) in [6.45, 7) is 2.04. The largest absolute Gasteiger partial charge is 0.236 e. The Morgan fingerprint density at radius 1 is 0.737 bits per heavy atom. The molecule has 0 radical (unpaired) electrons. The van der Waals surface area contributed by atoms with Crippen molar-refractivity contribution in [2.75, 3.05) is 0 Å². The topological polar surface area (TPSA) is 25.8 Å². The van der Waals surface area contributed by atoms with Crippen molar-refractivity contribution in [3.63, 3.8) is 0 Å². The summed E-state index contributed by atoms with van der Waals surface area (Å²) in [5, 5.41) is 0. The molecule has 0 aliphatic carbocycles. The number of rotatable bonds is 2. The Morgan fingerprint density at radius 3 is 1.95 bits per heavy atom. The number of hydrogen-bond acceptors (Lipinski definition) is 2. The molecule has 0 amide bonds. The summed E-state index contributed by atoms with van der Waals surface area (Å²) in [6.07, 6.45) is 1.89. The monoisotopic (exact) mass is 246 g/mol. The van der Waals surface area contributed by atoms with Crippen LogP contribution in [0.2, 0.25) is 0 Å². The molecule has 0 spiro atoms. The van der Waals surface area contributed by atoms with Crippen molar-refractivity contribution < 1.29 is 0 Å². The number of benzene rings is 2. The Kier molecular flexibility index (Phi) is 3.07.